The summed E-state index contributed by atoms with van der Waals surface area (Å²) in [5, 5.41) is 9.17. The third kappa shape index (κ3) is 6.52. The summed E-state index contributed by atoms with van der Waals surface area (Å²) >= 11 is 4.62. The summed E-state index contributed by atoms with van der Waals surface area (Å²) in [5.41, 5.74) is 1.14. The minimum absolute atomic E-state index is 0.0344. The number of benzene rings is 1. The lowest BCUT2D eigenvalue weighted by atomic mass is 10.1. The second-order valence-corrected chi connectivity index (χ2v) is 10.1. The Morgan fingerprint density at radius 3 is 2.58 bits per heavy atom. The van der Waals surface area contributed by atoms with Gasteiger partial charge in [0.2, 0.25) is 0 Å². The molecule has 3 heterocycles. The van der Waals surface area contributed by atoms with E-state index in [4.69, 9.17) is 16.3 Å². The quantitative estimate of drug-likeness (QED) is 0.398. The number of aromatic nitrogens is 2. The number of hydrogen-bond donors (Lipinski definition) is 3. The molecule has 0 radical (unpaired) electrons. The fourth-order valence-electron chi connectivity index (χ4n) is 3.71. The lowest BCUT2D eigenvalue weighted by Gasteiger charge is -2.25. The van der Waals surface area contributed by atoms with E-state index in [-0.39, 0.29) is 23.0 Å². The SMILES string of the molecule is Cc1ccc(NC(=O)c2ccc([S+](C)[O-])cc2OC2CCNCC2)c(C(=O)Nc2ccc(Cl)cn2)n1. The first-order valence-electron chi connectivity index (χ1n) is 11.4. The van der Waals surface area contributed by atoms with Gasteiger partial charge in [0.25, 0.3) is 11.8 Å². The minimum Gasteiger partial charge on any atom is -0.612 e. The fourth-order valence-corrected chi connectivity index (χ4v) is 4.35. The van der Waals surface area contributed by atoms with Gasteiger partial charge in [-0.3, -0.25) is 9.59 Å². The van der Waals surface area contributed by atoms with E-state index in [1.54, 1.807) is 55.6 Å². The zero-order chi connectivity index (χ0) is 25.7. The molecule has 4 rings (SSSR count). The molecular formula is C25H26ClN5O4S. The molecule has 1 unspecified atom stereocenters. The minimum atomic E-state index is -1.24. The van der Waals surface area contributed by atoms with E-state index in [1.165, 1.54) is 6.20 Å². The Bertz CT molecular complexity index is 1250. The topological polar surface area (TPSA) is 128 Å². The van der Waals surface area contributed by atoms with E-state index >= 15 is 0 Å². The highest BCUT2D eigenvalue weighted by Gasteiger charge is 2.23. The second kappa shape index (κ2) is 11.7. The van der Waals surface area contributed by atoms with Crippen LogP contribution in [-0.2, 0) is 11.2 Å². The zero-order valence-corrected chi connectivity index (χ0v) is 21.4. The summed E-state index contributed by atoms with van der Waals surface area (Å²) in [6.07, 6.45) is 4.52. The van der Waals surface area contributed by atoms with Crippen LogP contribution in [0.5, 0.6) is 5.75 Å². The van der Waals surface area contributed by atoms with E-state index in [1.807, 2.05) is 0 Å². The predicted octanol–water partition coefficient (Wildman–Crippen LogP) is 3.81. The van der Waals surface area contributed by atoms with Gasteiger partial charge >= 0.3 is 0 Å². The molecule has 0 spiro atoms. The molecule has 36 heavy (non-hydrogen) atoms. The second-order valence-electron chi connectivity index (χ2n) is 8.30. The molecule has 3 N–H and O–H groups in total. The molecule has 1 saturated heterocycles. The van der Waals surface area contributed by atoms with E-state index in [0.29, 0.717) is 27.2 Å². The van der Waals surface area contributed by atoms with Gasteiger partial charge in [-0.1, -0.05) is 11.6 Å². The van der Waals surface area contributed by atoms with Crippen LogP contribution >= 0.6 is 11.6 Å². The van der Waals surface area contributed by atoms with Gasteiger partial charge in [0.05, 0.1) is 16.3 Å². The Kier molecular flexibility index (Phi) is 8.42. The number of halogens is 1. The molecule has 188 valence electrons. The summed E-state index contributed by atoms with van der Waals surface area (Å²) in [5.74, 6) is -0.363. The summed E-state index contributed by atoms with van der Waals surface area (Å²) in [4.78, 5) is 35.3. The van der Waals surface area contributed by atoms with Gasteiger partial charge in [-0.05, 0) is 80.4 Å². The Labute approximate surface area is 217 Å². The molecule has 9 nitrogen and oxygen atoms in total. The molecule has 1 fully saturated rings. The van der Waals surface area contributed by atoms with Crippen LogP contribution < -0.4 is 20.7 Å². The Morgan fingerprint density at radius 2 is 1.89 bits per heavy atom. The number of piperidine rings is 1. The smallest absolute Gasteiger partial charge is 0.277 e. The van der Waals surface area contributed by atoms with Crippen LogP contribution in [0.3, 0.4) is 0 Å². The summed E-state index contributed by atoms with van der Waals surface area (Å²) in [6.45, 7) is 3.39. The van der Waals surface area contributed by atoms with Crippen molar-refractivity contribution in [3.63, 3.8) is 0 Å². The highest BCUT2D eigenvalue weighted by molar-refractivity contribution is 7.90. The van der Waals surface area contributed by atoms with Crippen LogP contribution in [-0.4, -0.2) is 51.8 Å². The average Bonchev–Trinajstić information content (AvgIpc) is 2.87. The van der Waals surface area contributed by atoms with Gasteiger partial charge in [-0.2, -0.15) is 0 Å². The van der Waals surface area contributed by atoms with E-state index in [0.717, 1.165) is 25.9 Å². The van der Waals surface area contributed by atoms with Crippen molar-refractivity contribution >= 4 is 46.1 Å². The molecule has 0 aliphatic carbocycles. The first-order chi connectivity index (χ1) is 17.3. The lowest BCUT2D eigenvalue weighted by Crippen LogP contribution is -2.34. The molecule has 1 aromatic carbocycles. The van der Waals surface area contributed by atoms with Gasteiger partial charge in [0.15, 0.2) is 10.6 Å². The predicted molar refractivity (Wildman–Crippen MR) is 139 cm³/mol. The van der Waals surface area contributed by atoms with Gasteiger partial charge in [-0.25, -0.2) is 9.97 Å². The van der Waals surface area contributed by atoms with E-state index < -0.39 is 23.0 Å². The largest absolute Gasteiger partial charge is 0.612 e. The van der Waals surface area contributed by atoms with Crippen LogP contribution in [0.4, 0.5) is 11.5 Å². The standard InChI is InChI=1S/C25H26ClN5O4S/c1-15-3-7-20(23(29-15)25(33)31-22-8-4-16(26)14-28-22)30-24(32)19-6-5-18(36(2)34)13-21(19)35-17-9-11-27-12-10-17/h3-8,13-14,17,27H,9-12H2,1-2H3,(H,30,32)(H,28,31,33). The number of nitrogens with zero attached hydrogens (tertiary/aromatic N) is 2. The van der Waals surface area contributed by atoms with Crippen molar-refractivity contribution in [1.29, 1.82) is 0 Å². The molecule has 2 aromatic heterocycles. The number of ether oxygens (including phenoxy) is 1. The number of carbonyl (C=O) groups is 2. The van der Waals surface area contributed by atoms with Crippen LogP contribution in [0.1, 0.15) is 39.4 Å². The zero-order valence-electron chi connectivity index (χ0n) is 19.8. The van der Waals surface area contributed by atoms with Crippen molar-refractivity contribution in [3.05, 3.63) is 70.6 Å². The monoisotopic (exact) mass is 527 g/mol. The molecule has 1 aliphatic heterocycles. The third-order valence-electron chi connectivity index (χ3n) is 5.58. The average molecular weight is 528 g/mol. The van der Waals surface area contributed by atoms with Crippen molar-refractivity contribution in [2.24, 2.45) is 0 Å². The fraction of sp³-hybridized carbons (Fsp3) is 0.280. The highest BCUT2D eigenvalue weighted by atomic mass is 35.5. The van der Waals surface area contributed by atoms with Crippen LogP contribution in [0.2, 0.25) is 5.02 Å². The number of aryl methyl sites for hydroxylation is 1. The van der Waals surface area contributed by atoms with Crippen LogP contribution in [0.25, 0.3) is 0 Å². The van der Waals surface area contributed by atoms with Crippen molar-refractivity contribution in [2.75, 3.05) is 30.0 Å². The van der Waals surface area contributed by atoms with Gasteiger partial charge in [0, 0.05) is 18.0 Å². The highest BCUT2D eigenvalue weighted by Crippen LogP contribution is 2.28. The first-order valence-corrected chi connectivity index (χ1v) is 13.3. The first kappa shape index (κ1) is 25.9. The van der Waals surface area contributed by atoms with Crippen molar-refractivity contribution in [2.45, 2.75) is 30.8 Å². The van der Waals surface area contributed by atoms with E-state index in [9.17, 15) is 14.1 Å². The molecule has 1 atom stereocenters. The number of anilines is 2. The number of hydrogen-bond acceptors (Lipinski definition) is 7. The third-order valence-corrected chi connectivity index (χ3v) is 6.72. The molecule has 0 bridgehead atoms. The molecular weight excluding hydrogens is 502 g/mol. The van der Waals surface area contributed by atoms with Gasteiger partial charge in [0.1, 0.15) is 23.9 Å². The number of carbonyl (C=O) groups excluding carboxylic acids is 2. The molecule has 3 aromatic rings. The van der Waals surface area contributed by atoms with Crippen molar-refractivity contribution in [3.8, 4) is 5.75 Å². The number of rotatable bonds is 7. The maximum Gasteiger partial charge on any atom is 0.277 e. The molecule has 1 aliphatic rings. The van der Waals surface area contributed by atoms with Crippen molar-refractivity contribution in [1.82, 2.24) is 15.3 Å². The lowest BCUT2D eigenvalue weighted by molar-refractivity contribution is 0.101. The maximum atomic E-state index is 13.3. The maximum absolute atomic E-state index is 13.3. The molecule has 2 amide bonds. The Balaban J connectivity index is 1.59. The van der Waals surface area contributed by atoms with Gasteiger partial charge < -0.3 is 25.2 Å². The number of pyridine rings is 2. The summed E-state index contributed by atoms with van der Waals surface area (Å²) < 4.78 is 18.2. The normalized spacial score (nSPS) is 14.7. The Morgan fingerprint density at radius 1 is 1.11 bits per heavy atom. The van der Waals surface area contributed by atoms with Crippen LogP contribution in [0.15, 0.2) is 53.6 Å². The summed E-state index contributed by atoms with van der Waals surface area (Å²) in [7, 11) is 0. The van der Waals surface area contributed by atoms with Crippen molar-refractivity contribution < 1.29 is 18.9 Å². The summed E-state index contributed by atoms with van der Waals surface area (Å²) in [6, 6.07) is 11.3. The number of amides is 2. The van der Waals surface area contributed by atoms with E-state index in [2.05, 4.69) is 25.9 Å². The molecule has 11 heteroatoms. The van der Waals surface area contributed by atoms with Gasteiger partial charge in [-0.15, -0.1) is 0 Å². The van der Waals surface area contributed by atoms with Crippen LogP contribution in [0, 0.1) is 6.92 Å². The number of nitrogens with one attached hydrogen (secondary N) is 3. The Hall–Kier alpha value is -3.18. The molecule has 0 saturated carbocycles.